The number of hydrogen-bond donors (Lipinski definition) is 1. The Labute approximate surface area is 92.0 Å². The molecule has 2 atom stereocenters. The van der Waals surface area contributed by atoms with Gasteiger partial charge in [-0.3, -0.25) is 4.68 Å². The van der Waals surface area contributed by atoms with E-state index in [2.05, 4.69) is 37.7 Å². The summed E-state index contributed by atoms with van der Waals surface area (Å²) in [5, 5.41) is 0. The Morgan fingerprint density at radius 1 is 1.40 bits per heavy atom. The molecule has 0 bridgehead atoms. The molecule has 1 aromatic rings. The molecule has 2 rings (SSSR count). The number of nitrogens with zero attached hydrogens (tertiary/aromatic N) is 1. The zero-order valence-electron chi connectivity index (χ0n) is 9.61. The van der Waals surface area contributed by atoms with E-state index in [0.29, 0.717) is 0 Å². The maximum atomic E-state index is 3.42. The Bertz CT molecular complexity index is 324. The fraction of sp³-hybridized carbons (Fsp3) is 0.538. The highest BCUT2D eigenvalue weighted by molar-refractivity contribution is 5.07. The summed E-state index contributed by atoms with van der Waals surface area (Å²) in [6.45, 7) is 5.63. The topological polar surface area (TPSA) is 17.0 Å². The van der Waals surface area contributed by atoms with E-state index in [1.54, 1.807) is 5.57 Å². The van der Waals surface area contributed by atoms with Gasteiger partial charge in [0, 0.05) is 18.9 Å². The molecule has 0 saturated heterocycles. The van der Waals surface area contributed by atoms with Crippen molar-refractivity contribution in [1.29, 1.82) is 0 Å². The lowest BCUT2D eigenvalue weighted by molar-refractivity contribution is 0.412. The van der Waals surface area contributed by atoms with Gasteiger partial charge in [0.1, 0.15) is 0 Å². The highest BCUT2D eigenvalue weighted by Gasteiger charge is 2.17. The van der Waals surface area contributed by atoms with Crippen molar-refractivity contribution in [2.45, 2.75) is 26.7 Å². The molecule has 0 radical (unpaired) electrons. The molecule has 0 aliphatic heterocycles. The van der Waals surface area contributed by atoms with Crippen molar-refractivity contribution < 1.29 is 0 Å². The lowest BCUT2D eigenvalue weighted by Gasteiger charge is -2.26. The average Bonchev–Trinajstić information content (AvgIpc) is 2.65. The standard InChI is InChI=1S/C13H20N2/c1-11-7-12(2)9-13(8-11)10-14-15-5-3-4-6-15/h3-7,11,13-14H,8-10H2,1-2H3. The van der Waals surface area contributed by atoms with Gasteiger partial charge in [0.25, 0.3) is 0 Å². The third kappa shape index (κ3) is 2.88. The van der Waals surface area contributed by atoms with Gasteiger partial charge in [-0.25, -0.2) is 0 Å². The summed E-state index contributed by atoms with van der Waals surface area (Å²) < 4.78 is 2.04. The Morgan fingerprint density at radius 3 is 2.80 bits per heavy atom. The molecule has 0 spiro atoms. The van der Waals surface area contributed by atoms with Crippen LogP contribution in [0, 0.1) is 11.8 Å². The fourth-order valence-electron chi connectivity index (χ4n) is 2.52. The molecule has 1 aliphatic carbocycles. The smallest absolute Gasteiger partial charge is 0.0345 e. The van der Waals surface area contributed by atoms with Crippen molar-refractivity contribution in [3.8, 4) is 0 Å². The van der Waals surface area contributed by atoms with Crippen molar-refractivity contribution in [2.24, 2.45) is 11.8 Å². The molecule has 15 heavy (non-hydrogen) atoms. The van der Waals surface area contributed by atoms with Crippen LogP contribution in [0.15, 0.2) is 36.2 Å². The maximum absolute atomic E-state index is 3.42. The van der Waals surface area contributed by atoms with Crippen LogP contribution in [0.2, 0.25) is 0 Å². The average molecular weight is 204 g/mol. The predicted molar refractivity (Wildman–Crippen MR) is 64.3 cm³/mol. The molecular weight excluding hydrogens is 184 g/mol. The van der Waals surface area contributed by atoms with Crippen LogP contribution in [0.4, 0.5) is 0 Å². The molecule has 1 N–H and O–H groups in total. The SMILES string of the molecule is CC1=CC(C)CC(CNn2cccc2)C1. The van der Waals surface area contributed by atoms with Crippen molar-refractivity contribution in [2.75, 3.05) is 12.0 Å². The van der Waals surface area contributed by atoms with Gasteiger partial charge in [-0.1, -0.05) is 18.6 Å². The van der Waals surface area contributed by atoms with E-state index in [4.69, 9.17) is 0 Å². The minimum atomic E-state index is 0.746. The minimum Gasteiger partial charge on any atom is -0.326 e. The molecule has 1 aliphatic rings. The van der Waals surface area contributed by atoms with Gasteiger partial charge >= 0.3 is 0 Å². The summed E-state index contributed by atoms with van der Waals surface area (Å²) in [6.07, 6.45) is 9.07. The first-order valence-electron chi connectivity index (χ1n) is 5.78. The molecule has 1 heterocycles. The van der Waals surface area contributed by atoms with Gasteiger partial charge < -0.3 is 5.43 Å². The molecule has 82 valence electrons. The first-order chi connectivity index (χ1) is 7.24. The molecule has 2 heteroatoms. The van der Waals surface area contributed by atoms with Crippen LogP contribution >= 0.6 is 0 Å². The first-order valence-corrected chi connectivity index (χ1v) is 5.78. The van der Waals surface area contributed by atoms with E-state index < -0.39 is 0 Å². The van der Waals surface area contributed by atoms with Crippen molar-refractivity contribution >= 4 is 0 Å². The summed E-state index contributed by atoms with van der Waals surface area (Å²) >= 11 is 0. The van der Waals surface area contributed by atoms with Crippen LogP contribution in [0.1, 0.15) is 26.7 Å². The second kappa shape index (κ2) is 4.56. The highest BCUT2D eigenvalue weighted by atomic mass is 15.4. The van der Waals surface area contributed by atoms with Crippen LogP contribution in [0.3, 0.4) is 0 Å². The van der Waals surface area contributed by atoms with Crippen LogP contribution in [-0.2, 0) is 0 Å². The quantitative estimate of drug-likeness (QED) is 0.749. The lowest BCUT2D eigenvalue weighted by Crippen LogP contribution is -2.24. The van der Waals surface area contributed by atoms with Gasteiger partial charge in [-0.05, 0) is 43.7 Å². The molecule has 0 amide bonds. The Balaban J connectivity index is 1.83. The molecule has 1 aromatic heterocycles. The normalized spacial score (nSPS) is 26.1. The van der Waals surface area contributed by atoms with Gasteiger partial charge in [-0.15, -0.1) is 0 Å². The number of aromatic nitrogens is 1. The Kier molecular flexibility index (Phi) is 3.14. The molecular formula is C13H20N2. The van der Waals surface area contributed by atoms with E-state index in [-0.39, 0.29) is 0 Å². The molecule has 0 aromatic carbocycles. The van der Waals surface area contributed by atoms with E-state index in [1.165, 1.54) is 12.8 Å². The number of hydrogen-bond acceptors (Lipinski definition) is 1. The molecule has 2 nitrogen and oxygen atoms in total. The largest absolute Gasteiger partial charge is 0.326 e. The van der Waals surface area contributed by atoms with Gasteiger partial charge in [-0.2, -0.15) is 0 Å². The zero-order valence-corrected chi connectivity index (χ0v) is 9.61. The van der Waals surface area contributed by atoms with Gasteiger partial charge in [0.05, 0.1) is 0 Å². The van der Waals surface area contributed by atoms with Crippen molar-refractivity contribution in [3.63, 3.8) is 0 Å². The molecule has 0 saturated carbocycles. The van der Waals surface area contributed by atoms with Crippen LogP contribution in [0.5, 0.6) is 0 Å². The van der Waals surface area contributed by atoms with Crippen LogP contribution in [-0.4, -0.2) is 11.2 Å². The highest BCUT2D eigenvalue weighted by Crippen LogP contribution is 2.27. The lowest BCUT2D eigenvalue weighted by atomic mass is 9.84. The predicted octanol–water partition coefficient (Wildman–Crippen LogP) is 3.02. The summed E-state index contributed by atoms with van der Waals surface area (Å²) in [5.74, 6) is 1.53. The third-order valence-electron chi connectivity index (χ3n) is 3.05. The summed E-state index contributed by atoms with van der Waals surface area (Å²) in [4.78, 5) is 0. The van der Waals surface area contributed by atoms with Crippen molar-refractivity contribution in [1.82, 2.24) is 4.68 Å². The monoisotopic (exact) mass is 204 g/mol. The summed E-state index contributed by atoms with van der Waals surface area (Å²) in [5.41, 5.74) is 4.97. The molecule has 0 fully saturated rings. The van der Waals surface area contributed by atoms with E-state index in [9.17, 15) is 0 Å². The zero-order chi connectivity index (χ0) is 10.7. The van der Waals surface area contributed by atoms with E-state index >= 15 is 0 Å². The summed E-state index contributed by atoms with van der Waals surface area (Å²) in [6, 6.07) is 4.09. The second-order valence-electron chi connectivity index (χ2n) is 4.75. The fourth-order valence-corrected chi connectivity index (χ4v) is 2.52. The van der Waals surface area contributed by atoms with Crippen molar-refractivity contribution in [3.05, 3.63) is 36.2 Å². The number of rotatable bonds is 3. The van der Waals surface area contributed by atoms with Gasteiger partial charge in [0.15, 0.2) is 0 Å². The number of allylic oxidation sites excluding steroid dienone is 2. The second-order valence-corrected chi connectivity index (χ2v) is 4.75. The summed E-state index contributed by atoms with van der Waals surface area (Å²) in [7, 11) is 0. The third-order valence-corrected chi connectivity index (χ3v) is 3.05. The Morgan fingerprint density at radius 2 is 2.13 bits per heavy atom. The van der Waals surface area contributed by atoms with Crippen LogP contribution in [0.25, 0.3) is 0 Å². The number of nitrogens with one attached hydrogen (secondary N) is 1. The van der Waals surface area contributed by atoms with E-state index in [1.807, 2.05) is 16.8 Å². The first kappa shape index (κ1) is 10.3. The molecule has 2 unspecified atom stereocenters. The van der Waals surface area contributed by atoms with E-state index in [0.717, 1.165) is 18.4 Å². The Hall–Kier alpha value is -1.18. The van der Waals surface area contributed by atoms with Gasteiger partial charge in [0.2, 0.25) is 0 Å². The minimum absolute atomic E-state index is 0.746. The maximum Gasteiger partial charge on any atom is 0.0345 e. The van der Waals surface area contributed by atoms with Crippen LogP contribution < -0.4 is 5.43 Å².